The Morgan fingerprint density at radius 2 is 2.24 bits per heavy atom. The highest BCUT2D eigenvalue weighted by molar-refractivity contribution is 8.00. The molecule has 0 spiro atoms. The van der Waals surface area contributed by atoms with Gasteiger partial charge in [0, 0.05) is 12.2 Å². The Morgan fingerprint density at radius 3 is 2.86 bits per heavy atom. The van der Waals surface area contributed by atoms with E-state index in [9.17, 15) is 18.8 Å². The van der Waals surface area contributed by atoms with Crippen molar-refractivity contribution >= 4 is 35.2 Å². The highest BCUT2D eigenvalue weighted by atomic mass is 32.2. The number of halogens is 1. The lowest BCUT2D eigenvalue weighted by molar-refractivity contribution is -0.138. The fraction of sp³-hybridized carbons (Fsp3) is 0.308. The second kappa shape index (κ2) is 6.23. The molecule has 0 aliphatic carbocycles. The first-order chi connectivity index (χ1) is 9.90. The lowest BCUT2D eigenvalue weighted by Gasteiger charge is -2.15. The van der Waals surface area contributed by atoms with Gasteiger partial charge in [-0.25, -0.2) is 9.29 Å². The number of imide groups is 1. The van der Waals surface area contributed by atoms with Gasteiger partial charge < -0.3 is 10.8 Å². The molecule has 1 aromatic rings. The minimum atomic E-state index is -1.17. The second-order valence-corrected chi connectivity index (χ2v) is 5.75. The predicted octanol–water partition coefficient (Wildman–Crippen LogP) is 0.603. The molecule has 0 aromatic heterocycles. The second-order valence-electron chi connectivity index (χ2n) is 4.52. The zero-order valence-electron chi connectivity index (χ0n) is 10.9. The van der Waals surface area contributed by atoms with Crippen LogP contribution in [0.4, 0.5) is 10.1 Å². The van der Waals surface area contributed by atoms with Crippen molar-refractivity contribution in [2.75, 3.05) is 10.7 Å². The van der Waals surface area contributed by atoms with Crippen LogP contribution >= 0.6 is 11.8 Å². The van der Waals surface area contributed by atoms with Crippen molar-refractivity contribution in [3.63, 3.8) is 0 Å². The smallest absolute Gasteiger partial charge is 0.321 e. The number of hydrogen-bond acceptors (Lipinski definition) is 5. The predicted molar refractivity (Wildman–Crippen MR) is 75.4 cm³/mol. The first-order valence-electron chi connectivity index (χ1n) is 6.12. The Bertz CT molecular complexity index is 595. The van der Waals surface area contributed by atoms with Crippen LogP contribution < -0.4 is 10.6 Å². The van der Waals surface area contributed by atoms with Crippen LogP contribution in [0.1, 0.15) is 6.42 Å². The molecule has 1 fully saturated rings. The first kappa shape index (κ1) is 15.5. The van der Waals surface area contributed by atoms with E-state index >= 15 is 0 Å². The molecule has 0 bridgehead atoms. The van der Waals surface area contributed by atoms with Crippen LogP contribution in [0.25, 0.3) is 0 Å². The van der Waals surface area contributed by atoms with E-state index in [4.69, 9.17) is 10.8 Å². The maximum absolute atomic E-state index is 13.2. The number of amides is 2. The number of carbonyl (C=O) groups excluding carboxylic acids is 2. The molecule has 2 amide bonds. The van der Waals surface area contributed by atoms with E-state index in [0.29, 0.717) is 0 Å². The van der Waals surface area contributed by atoms with E-state index in [-0.39, 0.29) is 17.9 Å². The molecule has 2 rings (SSSR count). The van der Waals surface area contributed by atoms with Gasteiger partial charge in [-0.1, -0.05) is 6.07 Å². The standard InChI is InChI=1S/C13H13FN2O4S/c14-7-2-1-3-8(4-7)16-11(17)5-10(12(16)18)21-6-9(15)13(19)20/h1-4,9-10H,5-6,15H2,(H,19,20). The minimum absolute atomic E-state index is 0.0238. The van der Waals surface area contributed by atoms with E-state index < -0.39 is 34.9 Å². The number of carboxylic acids is 1. The number of carbonyl (C=O) groups is 3. The molecular formula is C13H13FN2O4S. The van der Waals surface area contributed by atoms with Gasteiger partial charge in [0.1, 0.15) is 11.9 Å². The van der Waals surface area contributed by atoms with Gasteiger partial charge in [0.05, 0.1) is 10.9 Å². The van der Waals surface area contributed by atoms with Crippen LogP contribution in [0, 0.1) is 5.82 Å². The molecule has 2 atom stereocenters. The maximum atomic E-state index is 13.2. The third kappa shape index (κ3) is 3.40. The summed E-state index contributed by atoms with van der Waals surface area (Å²) >= 11 is 1.02. The summed E-state index contributed by atoms with van der Waals surface area (Å²) < 4.78 is 13.2. The summed E-state index contributed by atoms with van der Waals surface area (Å²) in [5.74, 6) is -2.60. The minimum Gasteiger partial charge on any atom is -0.480 e. The van der Waals surface area contributed by atoms with E-state index in [0.717, 1.165) is 22.7 Å². The van der Waals surface area contributed by atoms with E-state index in [2.05, 4.69) is 0 Å². The average Bonchev–Trinajstić information content (AvgIpc) is 2.70. The summed E-state index contributed by atoms with van der Waals surface area (Å²) in [7, 11) is 0. The van der Waals surface area contributed by atoms with Gasteiger partial charge in [-0.2, -0.15) is 0 Å². The van der Waals surface area contributed by atoms with Gasteiger partial charge in [-0.05, 0) is 18.2 Å². The van der Waals surface area contributed by atoms with Crippen molar-refractivity contribution in [2.24, 2.45) is 5.73 Å². The molecule has 3 N–H and O–H groups in total. The molecule has 1 aromatic carbocycles. The fourth-order valence-electron chi connectivity index (χ4n) is 1.91. The van der Waals surface area contributed by atoms with E-state index in [1.54, 1.807) is 0 Å². The molecule has 0 saturated carbocycles. The molecule has 1 aliphatic rings. The van der Waals surface area contributed by atoms with E-state index in [1.165, 1.54) is 18.2 Å². The van der Waals surface area contributed by atoms with Crippen LogP contribution in [0.15, 0.2) is 24.3 Å². The Labute approximate surface area is 124 Å². The zero-order valence-corrected chi connectivity index (χ0v) is 11.7. The van der Waals surface area contributed by atoms with Gasteiger partial charge in [0.25, 0.3) is 0 Å². The molecule has 21 heavy (non-hydrogen) atoms. The van der Waals surface area contributed by atoms with Crippen molar-refractivity contribution in [3.05, 3.63) is 30.1 Å². The van der Waals surface area contributed by atoms with Crippen LogP contribution in [-0.2, 0) is 14.4 Å². The largest absolute Gasteiger partial charge is 0.480 e. The normalized spacial score (nSPS) is 19.9. The Kier molecular flexibility index (Phi) is 4.59. The third-order valence-electron chi connectivity index (χ3n) is 2.97. The van der Waals surface area contributed by atoms with Gasteiger partial charge in [0.15, 0.2) is 0 Å². The van der Waals surface area contributed by atoms with E-state index in [1.807, 2.05) is 0 Å². The van der Waals surface area contributed by atoms with Crippen molar-refractivity contribution in [3.8, 4) is 0 Å². The summed E-state index contributed by atoms with van der Waals surface area (Å²) in [6.45, 7) is 0. The zero-order chi connectivity index (χ0) is 15.6. The number of nitrogens with zero attached hydrogens (tertiary/aromatic N) is 1. The number of nitrogens with two attached hydrogens (primary N) is 1. The summed E-state index contributed by atoms with van der Waals surface area (Å²) in [6, 6.07) is 4.10. The highest BCUT2D eigenvalue weighted by Gasteiger charge is 2.40. The lowest BCUT2D eigenvalue weighted by Crippen LogP contribution is -2.35. The Morgan fingerprint density at radius 1 is 1.52 bits per heavy atom. The molecule has 1 saturated heterocycles. The van der Waals surface area contributed by atoms with Gasteiger partial charge in [-0.15, -0.1) is 11.8 Å². The molecule has 2 unspecified atom stereocenters. The maximum Gasteiger partial charge on any atom is 0.321 e. The summed E-state index contributed by atoms with van der Waals surface area (Å²) in [4.78, 5) is 35.6. The molecule has 0 radical (unpaired) electrons. The van der Waals surface area contributed by atoms with Crippen LogP contribution in [-0.4, -0.2) is 39.9 Å². The number of thioether (sulfide) groups is 1. The average molecular weight is 312 g/mol. The SMILES string of the molecule is NC(CSC1CC(=O)N(c2cccc(F)c2)C1=O)C(=O)O. The number of hydrogen-bond donors (Lipinski definition) is 2. The molecule has 6 nitrogen and oxygen atoms in total. The topological polar surface area (TPSA) is 101 Å². The molecule has 1 heterocycles. The van der Waals surface area contributed by atoms with Crippen LogP contribution in [0.3, 0.4) is 0 Å². The van der Waals surface area contributed by atoms with Crippen molar-refractivity contribution in [2.45, 2.75) is 17.7 Å². The van der Waals surface area contributed by atoms with Crippen molar-refractivity contribution in [1.29, 1.82) is 0 Å². The lowest BCUT2D eigenvalue weighted by atomic mass is 10.3. The third-order valence-corrected chi connectivity index (χ3v) is 4.29. The molecule has 1 aliphatic heterocycles. The number of anilines is 1. The number of rotatable bonds is 5. The molecule has 8 heteroatoms. The monoisotopic (exact) mass is 312 g/mol. The van der Waals surface area contributed by atoms with Gasteiger partial charge >= 0.3 is 5.97 Å². The molecular weight excluding hydrogens is 299 g/mol. The number of benzene rings is 1. The van der Waals surface area contributed by atoms with Crippen LogP contribution in [0.5, 0.6) is 0 Å². The number of aliphatic carboxylic acids is 1. The fourth-order valence-corrected chi connectivity index (χ4v) is 3.00. The first-order valence-corrected chi connectivity index (χ1v) is 7.17. The Balaban J connectivity index is 2.08. The summed E-state index contributed by atoms with van der Waals surface area (Å²) in [5.41, 5.74) is 5.54. The summed E-state index contributed by atoms with van der Waals surface area (Å²) in [5, 5.41) is 8.00. The van der Waals surface area contributed by atoms with Gasteiger partial charge in [0.2, 0.25) is 11.8 Å². The van der Waals surface area contributed by atoms with Crippen molar-refractivity contribution < 1.29 is 23.9 Å². The van der Waals surface area contributed by atoms with Crippen LogP contribution in [0.2, 0.25) is 0 Å². The number of carboxylic acid groups (broad SMARTS) is 1. The summed E-state index contributed by atoms with van der Waals surface area (Å²) in [6.07, 6.45) is -0.0493. The Hall–Kier alpha value is -1.93. The quantitative estimate of drug-likeness (QED) is 0.772. The molecule has 112 valence electrons. The van der Waals surface area contributed by atoms with Crippen molar-refractivity contribution in [1.82, 2.24) is 0 Å². The highest BCUT2D eigenvalue weighted by Crippen LogP contribution is 2.30. The van der Waals surface area contributed by atoms with Gasteiger partial charge in [-0.3, -0.25) is 14.4 Å².